The molecule has 0 heterocycles. The largest absolute Gasteiger partial charge is 0.487 e. The number of nitrogens with zero attached hydrogens (tertiary/aromatic N) is 1. The van der Waals surface area contributed by atoms with Crippen molar-refractivity contribution in [1.82, 2.24) is 5.43 Å². The Morgan fingerprint density at radius 1 is 1.00 bits per heavy atom. The monoisotopic (exact) mass is 598 g/mol. The number of rotatable bonds is 6. The quantitative estimate of drug-likeness (QED) is 0.245. The second kappa shape index (κ2) is 10.4. The maximum absolute atomic E-state index is 12.1. The van der Waals surface area contributed by atoms with E-state index in [1.54, 1.807) is 30.5 Å². The molecule has 0 spiro atoms. The van der Waals surface area contributed by atoms with Crippen LogP contribution >= 0.6 is 59.4 Å². The van der Waals surface area contributed by atoms with Gasteiger partial charge in [-0.05, 0) is 91.5 Å². The molecule has 0 radical (unpaired) electrons. The van der Waals surface area contributed by atoms with E-state index in [0.717, 1.165) is 24.5 Å². The molecule has 0 saturated carbocycles. The molecule has 4 nitrogen and oxygen atoms in total. The molecule has 1 amide bonds. The predicted octanol–water partition coefficient (Wildman–Crippen LogP) is 6.97. The maximum atomic E-state index is 12.1. The number of carbonyl (C=O) groups excluding carboxylic acids is 1. The Hall–Kier alpha value is -1.67. The highest BCUT2D eigenvalue weighted by Gasteiger charge is 2.09. The van der Waals surface area contributed by atoms with Crippen LogP contribution in [0.1, 0.15) is 21.5 Å². The molecule has 0 aromatic heterocycles. The Bertz CT molecular complexity index is 1020. The van der Waals surface area contributed by atoms with Gasteiger partial charge in [0.25, 0.3) is 5.91 Å². The highest BCUT2D eigenvalue weighted by molar-refractivity contribution is 9.11. The van der Waals surface area contributed by atoms with Crippen LogP contribution < -0.4 is 10.2 Å². The molecular formula is C21H14Br3ClN2O2. The standard InChI is InChI=1S/C21H14Br3ClN2O2/c22-16-5-3-15(4-6-16)21(28)27-26-11-14-9-18(23)20(19(24)10-14)29-12-13-1-7-17(25)8-2-13/h1-11H,12H2,(H,27,28)/b26-11-. The van der Waals surface area contributed by atoms with Gasteiger partial charge in [0.1, 0.15) is 12.4 Å². The topological polar surface area (TPSA) is 50.7 Å². The van der Waals surface area contributed by atoms with E-state index in [1.165, 1.54) is 0 Å². The number of ether oxygens (including phenoxy) is 1. The van der Waals surface area contributed by atoms with E-state index in [9.17, 15) is 4.79 Å². The Morgan fingerprint density at radius 3 is 2.24 bits per heavy atom. The Morgan fingerprint density at radius 2 is 1.62 bits per heavy atom. The zero-order chi connectivity index (χ0) is 20.8. The summed E-state index contributed by atoms with van der Waals surface area (Å²) in [7, 11) is 0. The third-order valence-electron chi connectivity index (χ3n) is 3.80. The molecular weight excluding hydrogens is 587 g/mol. The van der Waals surface area contributed by atoms with Crippen LogP contribution in [0.25, 0.3) is 0 Å². The summed E-state index contributed by atoms with van der Waals surface area (Å²) < 4.78 is 8.34. The van der Waals surface area contributed by atoms with Gasteiger partial charge in [-0.1, -0.05) is 39.7 Å². The summed E-state index contributed by atoms with van der Waals surface area (Å²) in [6.07, 6.45) is 1.56. The zero-order valence-corrected chi connectivity index (χ0v) is 20.3. The van der Waals surface area contributed by atoms with Gasteiger partial charge < -0.3 is 4.74 Å². The summed E-state index contributed by atoms with van der Waals surface area (Å²) in [6, 6.07) is 18.2. The summed E-state index contributed by atoms with van der Waals surface area (Å²) in [5, 5.41) is 4.71. The number of benzene rings is 3. The molecule has 0 aliphatic carbocycles. The number of halogens is 4. The van der Waals surface area contributed by atoms with E-state index in [-0.39, 0.29) is 5.91 Å². The smallest absolute Gasteiger partial charge is 0.271 e. The van der Waals surface area contributed by atoms with E-state index in [0.29, 0.717) is 22.9 Å². The van der Waals surface area contributed by atoms with Crippen LogP contribution in [-0.2, 0) is 6.61 Å². The van der Waals surface area contributed by atoms with Crippen LogP contribution in [0.15, 0.2) is 79.2 Å². The van der Waals surface area contributed by atoms with Gasteiger partial charge in [0.15, 0.2) is 0 Å². The molecule has 0 unspecified atom stereocenters. The average Bonchev–Trinajstić information content (AvgIpc) is 2.69. The molecule has 0 saturated heterocycles. The van der Waals surface area contributed by atoms with Gasteiger partial charge in [0.2, 0.25) is 0 Å². The van der Waals surface area contributed by atoms with Gasteiger partial charge >= 0.3 is 0 Å². The summed E-state index contributed by atoms with van der Waals surface area (Å²) in [6.45, 7) is 0.408. The minimum atomic E-state index is -0.283. The van der Waals surface area contributed by atoms with E-state index in [2.05, 4.69) is 58.3 Å². The normalized spacial score (nSPS) is 10.9. The number of hydrogen-bond donors (Lipinski definition) is 1. The lowest BCUT2D eigenvalue weighted by Gasteiger charge is -2.11. The molecule has 3 rings (SSSR count). The lowest BCUT2D eigenvalue weighted by atomic mass is 10.2. The molecule has 8 heteroatoms. The van der Waals surface area contributed by atoms with Crippen LogP contribution in [0.4, 0.5) is 0 Å². The Labute approximate surface area is 198 Å². The summed E-state index contributed by atoms with van der Waals surface area (Å²) in [4.78, 5) is 12.1. The average molecular weight is 602 g/mol. The van der Waals surface area contributed by atoms with Crippen molar-refractivity contribution in [2.24, 2.45) is 5.10 Å². The molecule has 0 aliphatic heterocycles. The van der Waals surface area contributed by atoms with Crippen molar-refractivity contribution in [3.05, 3.63) is 95.8 Å². The number of nitrogens with one attached hydrogen (secondary N) is 1. The molecule has 148 valence electrons. The van der Waals surface area contributed by atoms with E-state index in [1.807, 2.05) is 36.4 Å². The van der Waals surface area contributed by atoms with Crippen LogP contribution in [0.2, 0.25) is 5.02 Å². The molecule has 0 aliphatic rings. The second-order valence-corrected chi connectivity index (χ2v) is 9.00. The van der Waals surface area contributed by atoms with Crippen LogP contribution in [0.3, 0.4) is 0 Å². The van der Waals surface area contributed by atoms with Gasteiger partial charge in [0.05, 0.1) is 15.2 Å². The minimum Gasteiger partial charge on any atom is -0.487 e. The molecule has 29 heavy (non-hydrogen) atoms. The third kappa shape index (κ3) is 6.40. The van der Waals surface area contributed by atoms with Gasteiger partial charge in [-0.25, -0.2) is 5.43 Å². The first kappa shape index (κ1) is 22.0. The van der Waals surface area contributed by atoms with Crippen molar-refractivity contribution in [2.75, 3.05) is 0 Å². The summed E-state index contributed by atoms with van der Waals surface area (Å²) in [5.41, 5.74) is 4.84. The number of carbonyl (C=O) groups is 1. The van der Waals surface area contributed by atoms with Crippen molar-refractivity contribution in [2.45, 2.75) is 6.61 Å². The zero-order valence-electron chi connectivity index (χ0n) is 14.8. The van der Waals surface area contributed by atoms with Gasteiger partial charge in [-0.3, -0.25) is 4.79 Å². The fourth-order valence-electron chi connectivity index (χ4n) is 2.36. The molecule has 0 fully saturated rings. The lowest BCUT2D eigenvalue weighted by Crippen LogP contribution is -2.17. The van der Waals surface area contributed by atoms with Gasteiger partial charge in [-0.15, -0.1) is 0 Å². The SMILES string of the molecule is O=C(N/N=C\c1cc(Br)c(OCc2ccc(Cl)cc2)c(Br)c1)c1ccc(Br)cc1. The highest BCUT2D eigenvalue weighted by atomic mass is 79.9. The molecule has 0 bridgehead atoms. The Kier molecular flexibility index (Phi) is 7.89. The number of hydrazone groups is 1. The molecule has 3 aromatic carbocycles. The fraction of sp³-hybridized carbons (Fsp3) is 0.0476. The first-order valence-corrected chi connectivity index (χ1v) is 11.1. The van der Waals surface area contributed by atoms with E-state index < -0.39 is 0 Å². The first-order chi connectivity index (χ1) is 13.9. The van der Waals surface area contributed by atoms with Crippen LogP contribution in [0.5, 0.6) is 5.75 Å². The summed E-state index contributed by atoms with van der Waals surface area (Å²) in [5.74, 6) is 0.394. The van der Waals surface area contributed by atoms with Crippen molar-refractivity contribution in [3.8, 4) is 5.75 Å². The van der Waals surface area contributed by atoms with Crippen molar-refractivity contribution in [1.29, 1.82) is 0 Å². The maximum Gasteiger partial charge on any atom is 0.271 e. The Balaban J connectivity index is 1.63. The van der Waals surface area contributed by atoms with E-state index >= 15 is 0 Å². The van der Waals surface area contributed by atoms with Crippen molar-refractivity contribution in [3.63, 3.8) is 0 Å². The second-order valence-electron chi connectivity index (χ2n) is 5.93. The molecule has 3 aromatic rings. The van der Waals surface area contributed by atoms with Crippen molar-refractivity contribution < 1.29 is 9.53 Å². The van der Waals surface area contributed by atoms with Gasteiger partial charge in [0, 0.05) is 15.1 Å². The minimum absolute atomic E-state index is 0.283. The van der Waals surface area contributed by atoms with Gasteiger partial charge in [-0.2, -0.15) is 5.10 Å². The molecule has 1 N–H and O–H groups in total. The van der Waals surface area contributed by atoms with Crippen LogP contribution in [-0.4, -0.2) is 12.1 Å². The fourth-order valence-corrected chi connectivity index (χ4v) is 4.20. The van der Waals surface area contributed by atoms with Crippen LogP contribution in [0, 0.1) is 0 Å². The predicted molar refractivity (Wildman–Crippen MR) is 127 cm³/mol. The third-order valence-corrected chi connectivity index (χ3v) is 5.76. The first-order valence-electron chi connectivity index (χ1n) is 8.37. The lowest BCUT2D eigenvalue weighted by molar-refractivity contribution is 0.0955. The van der Waals surface area contributed by atoms with E-state index in [4.69, 9.17) is 16.3 Å². The highest BCUT2D eigenvalue weighted by Crippen LogP contribution is 2.35. The number of amides is 1. The summed E-state index contributed by atoms with van der Waals surface area (Å²) >= 11 is 16.3. The van der Waals surface area contributed by atoms with Crippen molar-refractivity contribution >= 4 is 71.5 Å². The number of hydrogen-bond acceptors (Lipinski definition) is 3. The molecule has 0 atom stereocenters.